The Morgan fingerprint density at radius 2 is 1.56 bits per heavy atom. The number of benzene rings is 1. The van der Waals surface area contributed by atoms with Crippen LogP contribution in [-0.2, 0) is 53.4 Å². The highest BCUT2D eigenvalue weighted by molar-refractivity contribution is 7.52. The van der Waals surface area contributed by atoms with Gasteiger partial charge < -0.3 is 29.2 Å². The standard InChI is InChI=1S/C39H56N5O10P/c1-22(2)34(45)51-31-29(53-39(11,32(31)52-35(46)23(3)4)30-17-16-28-33(40)41-21-42-44(28)30)20-49-55(48,54-26-14-12-25(13-15-26)37(6,7)8)43-24(5)36(47)50-27-18-38(9,10)19-27/h12-17,21-24,27,29,31-32H,18-20H2,1-11H3,(H,43,48)(H2,40,41,42)/t24-,29+,31+,32+,39-,55?/m0/s1. The van der Waals surface area contributed by atoms with E-state index in [2.05, 4.69) is 49.8 Å². The monoisotopic (exact) mass is 785 g/mol. The van der Waals surface area contributed by atoms with E-state index >= 15 is 0 Å². The van der Waals surface area contributed by atoms with Crippen molar-refractivity contribution < 1.29 is 46.9 Å². The lowest BCUT2D eigenvalue weighted by atomic mass is 9.70. The van der Waals surface area contributed by atoms with Gasteiger partial charge in [0.1, 0.15) is 41.4 Å². The Morgan fingerprint density at radius 1 is 0.945 bits per heavy atom. The van der Waals surface area contributed by atoms with Gasteiger partial charge >= 0.3 is 25.7 Å². The smallest absolute Gasteiger partial charge is 0.459 e. The lowest BCUT2D eigenvalue weighted by molar-refractivity contribution is -0.175. The van der Waals surface area contributed by atoms with Crippen LogP contribution in [0.15, 0.2) is 42.7 Å². The highest BCUT2D eigenvalue weighted by Gasteiger charge is 2.59. The Bertz CT molecular complexity index is 1920. The minimum atomic E-state index is -4.43. The summed E-state index contributed by atoms with van der Waals surface area (Å²) in [5.41, 5.74) is 6.46. The fourth-order valence-electron chi connectivity index (χ4n) is 6.70. The summed E-state index contributed by atoms with van der Waals surface area (Å²) < 4.78 is 52.9. The fraction of sp³-hybridized carbons (Fsp3) is 0.615. The molecule has 1 saturated heterocycles. The van der Waals surface area contributed by atoms with Crippen LogP contribution in [0.5, 0.6) is 5.75 Å². The van der Waals surface area contributed by atoms with Gasteiger partial charge in [0.15, 0.2) is 18.0 Å². The first-order valence-electron chi connectivity index (χ1n) is 18.7. The first kappa shape index (κ1) is 42.1. The molecule has 1 aromatic carbocycles. The van der Waals surface area contributed by atoms with Crippen molar-refractivity contribution >= 4 is 37.0 Å². The SMILES string of the molecule is CC(C)C(=O)O[C@H]1[C@@H](OC(=O)C(C)C)[C@](C)(c2ccc3c(N)ncnn23)O[C@@H]1COP(=O)(N[C@@H](C)C(=O)OC1CC(C)(C)C1)Oc1ccc(C(C)(C)C)cc1. The molecular weight excluding hydrogens is 729 g/mol. The molecule has 2 fully saturated rings. The van der Waals surface area contributed by atoms with Gasteiger partial charge in [-0.2, -0.15) is 10.2 Å². The molecule has 5 rings (SSSR count). The van der Waals surface area contributed by atoms with Crippen LogP contribution in [0.4, 0.5) is 5.82 Å². The van der Waals surface area contributed by atoms with Crippen molar-refractivity contribution in [2.75, 3.05) is 12.3 Å². The number of nitrogens with one attached hydrogen (secondary N) is 1. The molecule has 16 heteroatoms. The molecule has 6 atom stereocenters. The van der Waals surface area contributed by atoms with Gasteiger partial charge in [0.2, 0.25) is 0 Å². The predicted molar refractivity (Wildman–Crippen MR) is 204 cm³/mol. The van der Waals surface area contributed by atoms with Gasteiger partial charge in [-0.1, -0.05) is 74.4 Å². The third kappa shape index (κ3) is 9.50. The minimum absolute atomic E-state index is 0.0712. The Balaban J connectivity index is 1.49. The number of aromatic nitrogens is 3. The topological polar surface area (TPSA) is 192 Å². The second kappa shape index (κ2) is 15.8. The molecule has 1 unspecified atom stereocenters. The van der Waals surface area contributed by atoms with Crippen molar-refractivity contribution in [1.82, 2.24) is 19.7 Å². The molecule has 0 bridgehead atoms. The number of ether oxygens (including phenoxy) is 4. The van der Waals surface area contributed by atoms with E-state index in [1.165, 1.54) is 17.8 Å². The van der Waals surface area contributed by atoms with Crippen LogP contribution in [0.1, 0.15) is 100 Å². The molecule has 15 nitrogen and oxygen atoms in total. The predicted octanol–water partition coefficient (Wildman–Crippen LogP) is 6.27. The van der Waals surface area contributed by atoms with Crippen LogP contribution in [0.2, 0.25) is 0 Å². The minimum Gasteiger partial charge on any atom is -0.461 e. The maximum atomic E-state index is 14.7. The quantitative estimate of drug-likeness (QED) is 0.106. The molecule has 0 spiro atoms. The number of hydrogen-bond acceptors (Lipinski definition) is 13. The third-order valence-electron chi connectivity index (χ3n) is 9.94. The Hall–Kier alpha value is -4.04. The van der Waals surface area contributed by atoms with E-state index in [-0.39, 0.29) is 28.5 Å². The van der Waals surface area contributed by atoms with E-state index in [1.54, 1.807) is 58.9 Å². The molecule has 55 heavy (non-hydrogen) atoms. The summed E-state index contributed by atoms with van der Waals surface area (Å²) in [6.07, 6.45) is -1.21. The summed E-state index contributed by atoms with van der Waals surface area (Å²) in [5.74, 6) is -2.47. The summed E-state index contributed by atoms with van der Waals surface area (Å²) in [5, 5.41) is 7.12. The molecule has 1 aliphatic carbocycles. The van der Waals surface area contributed by atoms with Gasteiger partial charge in [-0.3, -0.25) is 18.9 Å². The average molecular weight is 786 g/mol. The maximum Gasteiger partial charge on any atom is 0.459 e. The maximum absolute atomic E-state index is 14.7. The largest absolute Gasteiger partial charge is 0.461 e. The number of hydrogen-bond donors (Lipinski definition) is 2. The van der Waals surface area contributed by atoms with Gasteiger partial charge in [-0.25, -0.2) is 14.1 Å². The van der Waals surface area contributed by atoms with Gasteiger partial charge in [-0.05, 0) is 67.3 Å². The number of nitrogens with two attached hydrogens (primary N) is 1. The summed E-state index contributed by atoms with van der Waals surface area (Å²) in [6.45, 7) is 19.8. The van der Waals surface area contributed by atoms with Gasteiger partial charge in [0, 0.05) is 0 Å². The van der Waals surface area contributed by atoms with Crippen LogP contribution < -0.4 is 15.3 Å². The van der Waals surface area contributed by atoms with Gasteiger partial charge in [-0.15, -0.1) is 0 Å². The lowest BCUT2D eigenvalue weighted by Gasteiger charge is -2.42. The second-order valence-electron chi connectivity index (χ2n) is 17.1. The molecule has 302 valence electrons. The van der Waals surface area contributed by atoms with Crippen LogP contribution in [0, 0.1) is 17.3 Å². The average Bonchev–Trinajstić information content (AvgIpc) is 3.63. The normalized spacial score (nSPS) is 24.3. The van der Waals surface area contributed by atoms with Crippen LogP contribution in [0.25, 0.3) is 5.52 Å². The second-order valence-corrected chi connectivity index (χ2v) is 18.8. The first-order valence-corrected chi connectivity index (χ1v) is 20.3. The molecule has 3 heterocycles. The van der Waals surface area contributed by atoms with Crippen molar-refractivity contribution in [3.63, 3.8) is 0 Å². The van der Waals surface area contributed by atoms with Crippen molar-refractivity contribution in [3.8, 4) is 5.75 Å². The number of carbonyl (C=O) groups excluding carboxylic acids is 3. The van der Waals surface area contributed by atoms with Crippen LogP contribution >= 0.6 is 7.75 Å². The third-order valence-corrected chi connectivity index (χ3v) is 11.6. The zero-order chi connectivity index (χ0) is 40.7. The highest BCUT2D eigenvalue weighted by atomic mass is 31.2. The molecular formula is C39H56N5O10P. The van der Waals surface area contributed by atoms with E-state index in [0.29, 0.717) is 24.1 Å². The van der Waals surface area contributed by atoms with Crippen molar-refractivity contribution in [1.29, 1.82) is 0 Å². The zero-order valence-corrected chi connectivity index (χ0v) is 34.5. The van der Waals surface area contributed by atoms with Crippen molar-refractivity contribution in [2.45, 2.75) is 130 Å². The Labute approximate surface area is 322 Å². The van der Waals surface area contributed by atoms with E-state index in [1.807, 2.05) is 12.1 Å². The summed E-state index contributed by atoms with van der Waals surface area (Å²) in [7, 11) is -4.43. The van der Waals surface area contributed by atoms with E-state index < -0.39 is 74.1 Å². The molecule has 1 saturated carbocycles. The number of nitrogens with zero attached hydrogens (tertiary/aromatic N) is 3. The number of carbonyl (C=O) groups is 3. The van der Waals surface area contributed by atoms with Crippen molar-refractivity contribution in [2.24, 2.45) is 17.3 Å². The number of anilines is 1. The summed E-state index contributed by atoms with van der Waals surface area (Å²) >= 11 is 0. The van der Waals surface area contributed by atoms with Crippen molar-refractivity contribution in [3.05, 3.63) is 54.0 Å². The molecule has 3 aromatic rings. The molecule has 1 aliphatic heterocycles. The van der Waals surface area contributed by atoms with Gasteiger partial charge in [0.05, 0.1) is 24.1 Å². The van der Waals surface area contributed by atoms with E-state index in [4.69, 9.17) is 33.7 Å². The van der Waals surface area contributed by atoms with Crippen LogP contribution in [-0.4, -0.2) is 69.6 Å². The summed E-state index contributed by atoms with van der Waals surface area (Å²) in [6, 6.07) is 9.34. The van der Waals surface area contributed by atoms with E-state index in [9.17, 15) is 18.9 Å². The zero-order valence-electron chi connectivity index (χ0n) is 33.7. The number of fused-ring (bicyclic) bond motifs is 1. The molecule has 3 N–H and O–H groups in total. The lowest BCUT2D eigenvalue weighted by Crippen LogP contribution is -2.46. The van der Waals surface area contributed by atoms with Crippen LogP contribution in [0.3, 0.4) is 0 Å². The number of nitrogen functional groups attached to an aromatic ring is 1. The van der Waals surface area contributed by atoms with E-state index in [0.717, 1.165) is 5.56 Å². The molecule has 0 amide bonds. The van der Waals surface area contributed by atoms with Gasteiger partial charge in [0.25, 0.3) is 0 Å². The molecule has 2 aliphatic rings. The Morgan fingerprint density at radius 3 is 2.15 bits per heavy atom. The highest BCUT2D eigenvalue weighted by Crippen LogP contribution is 2.49. The Kier molecular flexibility index (Phi) is 12.1. The molecule has 2 aromatic heterocycles. The summed E-state index contributed by atoms with van der Waals surface area (Å²) in [4.78, 5) is 43.8. The molecule has 0 radical (unpaired) electrons. The first-order chi connectivity index (χ1) is 25.5. The fourth-order valence-corrected chi connectivity index (χ4v) is 8.20. The number of esters is 3. The number of rotatable bonds is 14.